The van der Waals surface area contributed by atoms with Crippen molar-refractivity contribution < 1.29 is 18.0 Å². The van der Waals surface area contributed by atoms with E-state index in [1.165, 1.54) is 4.90 Å². The van der Waals surface area contributed by atoms with Gasteiger partial charge in [-0.1, -0.05) is 0 Å². The van der Waals surface area contributed by atoms with Gasteiger partial charge in [-0.2, -0.15) is 0 Å². The molecule has 1 aromatic rings. The second-order valence-electron chi connectivity index (χ2n) is 4.11. The molecule has 2 nitrogen and oxygen atoms in total. The molecule has 0 atom stereocenters. The van der Waals surface area contributed by atoms with Crippen LogP contribution in [-0.2, 0) is 0 Å². The van der Waals surface area contributed by atoms with Gasteiger partial charge in [-0.25, -0.2) is 13.2 Å². The minimum Gasteiger partial charge on any atom is -0.339 e. The summed E-state index contributed by atoms with van der Waals surface area (Å²) < 4.78 is 38.7. The van der Waals surface area contributed by atoms with Gasteiger partial charge < -0.3 is 4.90 Å². The van der Waals surface area contributed by atoms with Crippen molar-refractivity contribution in [3.63, 3.8) is 0 Å². The molecular formula is C12H12F3NO. The number of rotatable bonds is 1. The van der Waals surface area contributed by atoms with E-state index in [9.17, 15) is 18.0 Å². The van der Waals surface area contributed by atoms with Crippen molar-refractivity contribution in [2.45, 2.75) is 19.3 Å². The predicted octanol–water partition coefficient (Wildman–Crippen LogP) is 2.73. The normalized spacial score (nSPS) is 16.1. The summed E-state index contributed by atoms with van der Waals surface area (Å²) in [7, 11) is 0. The lowest BCUT2D eigenvalue weighted by Gasteiger charge is -2.26. The summed E-state index contributed by atoms with van der Waals surface area (Å²) in [6, 6.07) is 1.49. The lowest BCUT2D eigenvalue weighted by Crippen LogP contribution is -2.35. The maximum atomic E-state index is 13.0. The Balaban J connectivity index is 2.24. The Labute approximate surface area is 97.0 Å². The van der Waals surface area contributed by atoms with Crippen molar-refractivity contribution in [1.29, 1.82) is 0 Å². The van der Waals surface area contributed by atoms with E-state index in [-0.39, 0.29) is 5.56 Å². The van der Waals surface area contributed by atoms with Crippen molar-refractivity contribution in [3.8, 4) is 0 Å². The fourth-order valence-electron chi connectivity index (χ4n) is 1.96. The molecule has 17 heavy (non-hydrogen) atoms. The molecular weight excluding hydrogens is 231 g/mol. The number of halogens is 3. The Hall–Kier alpha value is -1.52. The van der Waals surface area contributed by atoms with Crippen LogP contribution < -0.4 is 0 Å². The lowest BCUT2D eigenvalue weighted by molar-refractivity contribution is 0.0723. The Kier molecular flexibility index (Phi) is 3.36. The molecule has 0 saturated carbocycles. The van der Waals surface area contributed by atoms with Gasteiger partial charge in [-0.05, 0) is 31.4 Å². The first kappa shape index (κ1) is 12.0. The second-order valence-corrected chi connectivity index (χ2v) is 4.11. The molecule has 0 unspecified atom stereocenters. The third-order valence-corrected chi connectivity index (χ3v) is 2.87. The molecule has 0 N–H and O–H groups in total. The Morgan fingerprint density at radius 2 is 1.53 bits per heavy atom. The van der Waals surface area contributed by atoms with Crippen molar-refractivity contribution in [3.05, 3.63) is 35.1 Å². The molecule has 1 aromatic carbocycles. The highest BCUT2D eigenvalue weighted by atomic mass is 19.2. The minimum absolute atomic E-state index is 0.136. The third-order valence-electron chi connectivity index (χ3n) is 2.87. The zero-order chi connectivity index (χ0) is 12.4. The molecule has 0 spiro atoms. The quantitative estimate of drug-likeness (QED) is 0.694. The zero-order valence-electron chi connectivity index (χ0n) is 9.18. The van der Waals surface area contributed by atoms with Crippen LogP contribution >= 0.6 is 0 Å². The van der Waals surface area contributed by atoms with E-state index < -0.39 is 23.4 Å². The number of nitrogens with zero attached hydrogens (tertiary/aromatic N) is 1. The highest BCUT2D eigenvalue weighted by molar-refractivity contribution is 5.94. The molecule has 0 aliphatic carbocycles. The first-order chi connectivity index (χ1) is 8.09. The molecule has 1 fully saturated rings. The summed E-state index contributed by atoms with van der Waals surface area (Å²) in [5.41, 5.74) is -0.136. The summed E-state index contributed by atoms with van der Waals surface area (Å²) in [5, 5.41) is 0. The maximum Gasteiger partial charge on any atom is 0.254 e. The van der Waals surface area contributed by atoms with Crippen LogP contribution in [0.25, 0.3) is 0 Å². The molecule has 1 saturated heterocycles. The first-order valence-electron chi connectivity index (χ1n) is 5.53. The van der Waals surface area contributed by atoms with Gasteiger partial charge in [0, 0.05) is 18.7 Å². The Morgan fingerprint density at radius 3 is 2.06 bits per heavy atom. The van der Waals surface area contributed by atoms with Gasteiger partial charge in [0.25, 0.3) is 5.91 Å². The van der Waals surface area contributed by atoms with Gasteiger partial charge in [-0.3, -0.25) is 4.79 Å². The standard InChI is InChI=1S/C12H12F3NO/c13-9-6-8(7-10(14)11(9)15)12(17)16-4-2-1-3-5-16/h6-7H,1-5H2. The van der Waals surface area contributed by atoms with Crippen LogP contribution in [0.3, 0.4) is 0 Å². The Bertz CT molecular complexity index is 418. The third kappa shape index (κ3) is 2.43. The summed E-state index contributed by atoms with van der Waals surface area (Å²) in [5.74, 6) is -4.64. The van der Waals surface area contributed by atoms with E-state index in [2.05, 4.69) is 0 Å². The van der Waals surface area contributed by atoms with Gasteiger partial charge in [0.1, 0.15) is 0 Å². The molecule has 92 valence electrons. The molecule has 1 amide bonds. The number of hydrogen-bond donors (Lipinski definition) is 0. The molecule has 0 radical (unpaired) electrons. The number of carbonyl (C=O) groups is 1. The van der Waals surface area contributed by atoms with Crippen molar-refractivity contribution >= 4 is 5.91 Å². The highest BCUT2D eigenvalue weighted by Gasteiger charge is 2.21. The number of amides is 1. The van der Waals surface area contributed by atoms with Crippen LogP contribution in [-0.4, -0.2) is 23.9 Å². The Morgan fingerprint density at radius 1 is 1.00 bits per heavy atom. The molecule has 0 bridgehead atoms. The van der Waals surface area contributed by atoms with Crippen LogP contribution in [0.4, 0.5) is 13.2 Å². The van der Waals surface area contributed by atoms with Crippen molar-refractivity contribution in [2.24, 2.45) is 0 Å². The number of piperidine rings is 1. The largest absolute Gasteiger partial charge is 0.339 e. The topological polar surface area (TPSA) is 20.3 Å². The van der Waals surface area contributed by atoms with Crippen molar-refractivity contribution in [1.82, 2.24) is 4.90 Å². The van der Waals surface area contributed by atoms with Crippen LogP contribution in [0, 0.1) is 17.5 Å². The molecule has 1 aliphatic rings. The SMILES string of the molecule is O=C(c1cc(F)c(F)c(F)c1)N1CCCCC1. The molecule has 1 heterocycles. The van der Waals surface area contributed by atoms with E-state index in [1.807, 2.05) is 0 Å². The molecule has 1 aliphatic heterocycles. The van der Waals surface area contributed by atoms with E-state index in [4.69, 9.17) is 0 Å². The summed E-state index contributed by atoms with van der Waals surface area (Å²) in [6.07, 6.45) is 2.83. The molecule has 5 heteroatoms. The number of carbonyl (C=O) groups excluding carboxylic acids is 1. The number of hydrogen-bond acceptors (Lipinski definition) is 1. The highest BCUT2D eigenvalue weighted by Crippen LogP contribution is 2.17. The fourth-order valence-corrected chi connectivity index (χ4v) is 1.96. The van der Waals surface area contributed by atoms with E-state index in [1.54, 1.807) is 0 Å². The molecule has 2 rings (SSSR count). The predicted molar refractivity (Wildman–Crippen MR) is 56.1 cm³/mol. The van der Waals surface area contributed by atoms with Crippen LogP contribution in [0.5, 0.6) is 0 Å². The van der Waals surface area contributed by atoms with Crippen molar-refractivity contribution in [2.75, 3.05) is 13.1 Å². The molecule has 0 aromatic heterocycles. The van der Waals surface area contributed by atoms with Crippen LogP contribution in [0.15, 0.2) is 12.1 Å². The van der Waals surface area contributed by atoms with Gasteiger partial charge in [-0.15, -0.1) is 0 Å². The van der Waals surface area contributed by atoms with Gasteiger partial charge in [0.15, 0.2) is 17.5 Å². The minimum atomic E-state index is -1.54. The average Bonchev–Trinajstić information content (AvgIpc) is 2.35. The summed E-state index contributed by atoms with van der Waals surface area (Å²) in [4.78, 5) is 13.4. The number of likely N-dealkylation sites (tertiary alicyclic amines) is 1. The zero-order valence-corrected chi connectivity index (χ0v) is 9.18. The van der Waals surface area contributed by atoms with Gasteiger partial charge >= 0.3 is 0 Å². The van der Waals surface area contributed by atoms with E-state index in [0.717, 1.165) is 31.4 Å². The van der Waals surface area contributed by atoms with E-state index in [0.29, 0.717) is 13.1 Å². The number of benzene rings is 1. The van der Waals surface area contributed by atoms with Crippen LogP contribution in [0.1, 0.15) is 29.6 Å². The first-order valence-corrected chi connectivity index (χ1v) is 5.53. The van der Waals surface area contributed by atoms with E-state index >= 15 is 0 Å². The average molecular weight is 243 g/mol. The lowest BCUT2D eigenvalue weighted by atomic mass is 10.1. The second kappa shape index (κ2) is 4.77. The van der Waals surface area contributed by atoms with Crippen LogP contribution in [0.2, 0.25) is 0 Å². The maximum absolute atomic E-state index is 13.0. The monoisotopic (exact) mass is 243 g/mol. The summed E-state index contributed by atoms with van der Waals surface area (Å²) >= 11 is 0. The van der Waals surface area contributed by atoms with Gasteiger partial charge in [0.05, 0.1) is 0 Å². The smallest absolute Gasteiger partial charge is 0.254 e. The fraction of sp³-hybridized carbons (Fsp3) is 0.417. The van der Waals surface area contributed by atoms with Gasteiger partial charge in [0.2, 0.25) is 0 Å². The summed E-state index contributed by atoms with van der Waals surface area (Å²) in [6.45, 7) is 1.17.